The van der Waals surface area contributed by atoms with Gasteiger partial charge in [0.15, 0.2) is 0 Å². The van der Waals surface area contributed by atoms with Crippen LogP contribution in [0.3, 0.4) is 0 Å². The lowest BCUT2D eigenvalue weighted by molar-refractivity contribution is 0.0934. The molecule has 1 atom stereocenters. The van der Waals surface area contributed by atoms with E-state index in [9.17, 15) is 4.79 Å². The van der Waals surface area contributed by atoms with Crippen LogP contribution < -0.4 is 20.3 Å². The third kappa shape index (κ3) is 5.88. The number of morpholine rings is 1. The summed E-state index contributed by atoms with van der Waals surface area (Å²) in [6.45, 7) is 4.49. The number of halogens is 1. The molecule has 1 amide bonds. The number of nitrogens with zero attached hydrogens (tertiary/aromatic N) is 4. The molecule has 1 fully saturated rings. The summed E-state index contributed by atoms with van der Waals surface area (Å²) in [4.78, 5) is 28.4. The van der Waals surface area contributed by atoms with Crippen LogP contribution in [0.2, 0.25) is 5.02 Å². The van der Waals surface area contributed by atoms with Gasteiger partial charge in [0.1, 0.15) is 17.3 Å². The van der Waals surface area contributed by atoms with E-state index in [4.69, 9.17) is 26.1 Å². The van der Waals surface area contributed by atoms with E-state index in [1.807, 2.05) is 25.1 Å². The van der Waals surface area contributed by atoms with E-state index >= 15 is 0 Å². The van der Waals surface area contributed by atoms with E-state index in [2.05, 4.69) is 25.5 Å². The van der Waals surface area contributed by atoms with Gasteiger partial charge in [-0.15, -0.1) is 0 Å². The van der Waals surface area contributed by atoms with E-state index in [0.29, 0.717) is 60.2 Å². The summed E-state index contributed by atoms with van der Waals surface area (Å²) in [7, 11) is 1.55. The van der Waals surface area contributed by atoms with Gasteiger partial charge in [-0.3, -0.25) is 4.79 Å². The number of rotatable bonds is 7. The molecule has 0 radical (unpaired) electrons. The zero-order valence-corrected chi connectivity index (χ0v) is 19.2. The molecule has 0 bridgehead atoms. The minimum Gasteiger partial charge on any atom is -0.495 e. The van der Waals surface area contributed by atoms with Gasteiger partial charge in [0.2, 0.25) is 5.95 Å². The topological polar surface area (TPSA) is 102 Å². The van der Waals surface area contributed by atoms with Crippen molar-refractivity contribution < 1.29 is 14.3 Å². The van der Waals surface area contributed by atoms with Gasteiger partial charge in [-0.1, -0.05) is 11.6 Å². The first-order chi connectivity index (χ1) is 16.0. The van der Waals surface area contributed by atoms with Crippen LogP contribution in [-0.4, -0.2) is 54.3 Å². The van der Waals surface area contributed by atoms with Gasteiger partial charge >= 0.3 is 0 Å². The lowest BCUT2D eigenvalue weighted by Crippen LogP contribution is -2.38. The van der Waals surface area contributed by atoms with Crippen LogP contribution in [0, 0.1) is 0 Å². The third-order valence-electron chi connectivity index (χ3n) is 5.14. The summed E-state index contributed by atoms with van der Waals surface area (Å²) < 4.78 is 10.6. The first kappa shape index (κ1) is 22.8. The van der Waals surface area contributed by atoms with Crippen molar-refractivity contribution in [2.75, 3.05) is 43.6 Å². The van der Waals surface area contributed by atoms with Gasteiger partial charge in [0.05, 0.1) is 38.3 Å². The van der Waals surface area contributed by atoms with Gasteiger partial charge in [-0.25, -0.2) is 9.97 Å². The molecule has 9 nitrogen and oxygen atoms in total. The molecule has 172 valence electrons. The Morgan fingerprint density at radius 2 is 1.91 bits per heavy atom. The highest BCUT2D eigenvalue weighted by molar-refractivity contribution is 6.30. The lowest BCUT2D eigenvalue weighted by Gasteiger charge is -2.28. The van der Waals surface area contributed by atoms with E-state index in [0.717, 1.165) is 5.69 Å². The molecule has 33 heavy (non-hydrogen) atoms. The molecule has 0 saturated carbocycles. The number of aromatic nitrogens is 3. The van der Waals surface area contributed by atoms with E-state index in [-0.39, 0.29) is 11.9 Å². The van der Waals surface area contributed by atoms with Crippen LogP contribution >= 0.6 is 11.6 Å². The molecule has 0 unspecified atom stereocenters. The first-order valence-electron chi connectivity index (χ1n) is 10.6. The van der Waals surface area contributed by atoms with Crippen molar-refractivity contribution >= 4 is 35.0 Å². The number of hydrogen-bond acceptors (Lipinski definition) is 8. The summed E-state index contributed by atoms with van der Waals surface area (Å²) in [6.07, 6.45) is 1.51. The van der Waals surface area contributed by atoms with Crippen molar-refractivity contribution in [3.63, 3.8) is 0 Å². The molecule has 2 N–H and O–H groups in total. The zero-order valence-electron chi connectivity index (χ0n) is 18.4. The Bertz CT molecular complexity index is 1090. The highest BCUT2D eigenvalue weighted by Gasteiger charge is 2.20. The van der Waals surface area contributed by atoms with Crippen molar-refractivity contribution in [2.45, 2.75) is 13.0 Å². The van der Waals surface area contributed by atoms with Crippen LogP contribution in [0.5, 0.6) is 5.75 Å². The van der Waals surface area contributed by atoms with Gasteiger partial charge in [0, 0.05) is 29.9 Å². The van der Waals surface area contributed by atoms with Crippen molar-refractivity contribution in [1.29, 1.82) is 0 Å². The Kier molecular flexibility index (Phi) is 7.21. The van der Waals surface area contributed by atoms with Gasteiger partial charge in [-0.2, -0.15) is 4.98 Å². The molecule has 0 aliphatic carbocycles. The van der Waals surface area contributed by atoms with Crippen LogP contribution in [-0.2, 0) is 4.74 Å². The molecule has 1 aliphatic rings. The second-order valence-electron chi connectivity index (χ2n) is 7.49. The van der Waals surface area contributed by atoms with Gasteiger partial charge in [-0.05, 0) is 43.3 Å². The molecule has 4 rings (SSSR count). The number of anilines is 3. The Morgan fingerprint density at radius 3 is 2.58 bits per heavy atom. The van der Waals surface area contributed by atoms with Crippen LogP contribution in [0.15, 0.2) is 48.7 Å². The predicted molar refractivity (Wildman–Crippen MR) is 126 cm³/mol. The molecule has 3 heterocycles. The van der Waals surface area contributed by atoms with E-state index < -0.39 is 0 Å². The van der Waals surface area contributed by atoms with E-state index in [1.165, 1.54) is 6.20 Å². The Labute approximate surface area is 197 Å². The maximum absolute atomic E-state index is 12.7. The largest absolute Gasteiger partial charge is 0.495 e. The minimum absolute atomic E-state index is 0.296. The molecule has 1 aliphatic heterocycles. The number of amides is 1. The molecule has 10 heteroatoms. The summed E-state index contributed by atoms with van der Waals surface area (Å²) in [6, 6.07) is 12.1. The highest BCUT2D eigenvalue weighted by atomic mass is 35.5. The summed E-state index contributed by atoms with van der Waals surface area (Å²) >= 11 is 6.00. The normalized spacial score (nSPS) is 14.5. The Morgan fingerprint density at radius 1 is 1.15 bits per heavy atom. The van der Waals surface area contributed by atoms with Crippen molar-refractivity contribution in [3.8, 4) is 5.75 Å². The maximum atomic E-state index is 12.7. The fraction of sp³-hybridized carbons (Fsp3) is 0.304. The number of nitrogens with one attached hydrogen (secondary N) is 2. The Balaban J connectivity index is 1.57. The summed E-state index contributed by atoms with van der Waals surface area (Å²) in [5, 5.41) is 6.91. The molecule has 1 aromatic carbocycles. The highest BCUT2D eigenvalue weighted by Crippen LogP contribution is 2.24. The average molecular weight is 469 g/mol. The van der Waals surface area contributed by atoms with Crippen LogP contribution in [0.4, 0.5) is 17.5 Å². The third-order valence-corrected chi connectivity index (χ3v) is 5.39. The van der Waals surface area contributed by atoms with Crippen molar-refractivity contribution in [1.82, 2.24) is 20.3 Å². The minimum atomic E-state index is -0.380. The average Bonchev–Trinajstić information content (AvgIpc) is 2.86. The molecule has 0 spiro atoms. The molecular formula is C23H25ClN6O3. The van der Waals surface area contributed by atoms with Crippen LogP contribution in [0.1, 0.15) is 29.1 Å². The predicted octanol–water partition coefficient (Wildman–Crippen LogP) is 3.60. The maximum Gasteiger partial charge on any atom is 0.270 e. The lowest BCUT2D eigenvalue weighted by atomic mass is 10.2. The standard InChI is InChI=1S/C23H25ClN6O3/c1-15(26-22(31)19-8-7-18(32-2)14-25-19)20-13-21(27-17-5-3-16(24)4-6-17)29-23(28-20)30-9-11-33-12-10-30/h3-8,13-15H,9-12H2,1-2H3,(H,26,31)(H,27,28,29)/t15-/m1/s1. The molecule has 2 aromatic heterocycles. The molecule has 3 aromatic rings. The number of carbonyl (C=O) groups excluding carboxylic acids is 1. The Hall–Kier alpha value is -3.43. The van der Waals surface area contributed by atoms with E-state index in [1.54, 1.807) is 31.4 Å². The number of pyridine rings is 1. The fourth-order valence-electron chi connectivity index (χ4n) is 3.30. The second kappa shape index (κ2) is 10.5. The SMILES string of the molecule is COc1ccc(C(=O)N[C@H](C)c2cc(Nc3ccc(Cl)cc3)nc(N3CCOCC3)n2)nc1. The summed E-state index contributed by atoms with van der Waals surface area (Å²) in [5.74, 6) is 1.48. The number of carbonyl (C=O) groups is 1. The quantitative estimate of drug-likeness (QED) is 0.542. The van der Waals surface area contributed by atoms with Gasteiger partial charge < -0.3 is 25.0 Å². The first-order valence-corrected chi connectivity index (χ1v) is 10.9. The molecular weight excluding hydrogens is 444 g/mol. The van der Waals surface area contributed by atoms with Crippen LogP contribution in [0.25, 0.3) is 0 Å². The fourth-order valence-corrected chi connectivity index (χ4v) is 3.43. The van der Waals surface area contributed by atoms with Gasteiger partial charge in [0.25, 0.3) is 5.91 Å². The smallest absolute Gasteiger partial charge is 0.270 e. The number of hydrogen-bond donors (Lipinski definition) is 2. The summed E-state index contributed by atoms with van der Waals surface area (Å²) in [5.41, 5.74) is 1.81. The second-order valence-corrected chi connectivity index (χ2v) is 7.92. The number of methoxy groups -OCH3 is 1. The number of benzene rings is 1. The zero-order chi connectivity index (χ0) is 23.2. The monoisotopic (exact) mass is 468 g/mol. The van der Waals surface area contributed by atoms with Crippen molar-refractivity contribution in [3.05, 3.63) is 65.1 Å². The number of ether oxygens (including phenoxy) is 2. The molecule has 1 saturated heterocycles. The van der Waals surface area contributed by atoms with Crippen molar-refractivity contribution in [2.24, 2.45) is 0 Å².